The summed E-state index contributed by atoms with van der Waals surface area (Å²) in [6.07, 6.45) is 6.08. The molecule has 160 valence electrons. The van der Waals surface area contributed by atoms with E-state index < -0.39 is 0 Å². The molecule has 1 aromatic carbocycles. The van der Waals surface area contributed by atoms with Crippen molar-refractivity contribution in [2.75, 3.05) is 12.4 Å². The Labute approximate surface area is 187 Å². The second-order valence-electron chi connectivity index (χ2n) is 8.45. The second-order valence-corrected chi connectivity index (χ2v) is 9.30. The zero-order chi connectivity index (χ0) is 21.7. The maximum Gasteiger partial charge on any atom is 0.225 e. The van der Waals surface area contributed by atoms with Gasteiger partial charge in [0, 0.05) is 41.7 Å². The van der Waals surface area contributed by atoms with Gasteiger partial charge in [0.15, 0.2) is 0 Å². The number of nitrogens with zero attached hydrogens (tertiary/aromatic N) is 2. The molecular formula is C24H30BrN3O2. The van der Waals surface area contributed by atoms with Crippen LogP contribution in [0.15, 0.2) is 47.1 Å². The number of amides is 2. The molecule has 5 nitrogen and oxygen atoms in total. The summed E-state index contributed by atoms with van der Waals surface area (Å²) in [5.41, 5.74) is 2.07. The molecule has 0 spiro atoms. The van der Waals surface area contributed by atoms with E-state index in [1.165, 1.54) is 0 Å². The molecule has 6 heteroatoms. The van der Waals surface area contributed by atoms with Gasteiger partial charge in [0.1, 0.15) is 5.82 Å². The van der Waals surface area contributed by atoms with E-state index in [0.29, 0.717) is 24.2 Å². The van der Waals surface area contributed by atoms with E-state index in [1.54, 1.807) is 6.20 Å². The van der Waals surface area contributed by atoms with E-state index in [0.717, 1.165) is 41.3 Å². The summed E-state index contributed by atoms with van der Waals surface area (Å²) in [5, 5.41) is 2.96. The van der Waals surface area contributed by atoms with Crippen LogP contribution in [0.3, 0.4) is 0 Å². The number of hydrogen-bond acceptors (Lipinski definition) is 3. The molecule has 0 unspecified atom stereocenters. The number of carbonyl (C=O) groups is 2. The number of hydrogen-bond donors (Lipinski definition) is 1. The number of carbonyl (C=O) groups excluding carboxylic acids is 2. The lowest BCUT2D eigenvalue weighted by atomic mass is 9.83. The Kier molecular flexibility index (Phi) is 7.64. The Hall–Kier alpha value is -2.21. The van der Waals surface area contributed by atoms with Gasteiger partial charge in [-0.1, -0.05) is 44.2 Å². The Morgan fingerprint density at radius 1 is 1.17 bits per heavy atom. The van der Waals surface area contributed by atoms with Crippen LogP contribution in [0.1, 0.15) is 46.0 Å². The number of rotatable bonds is 6. The number of pyridine rings is 1. The molecule has 0 aliphatic heterocycles. The lowest BCUT2D eigenvalue weighted by molar-refractivity contribution is -0.136. The van der Waals surface area contributed by atoms with Gasteiger partial charge in [-0.25, -0.2) is 4.98 Å². The largest absolute Gasteiger partial charge is 0.343 e. The van der Waals surface area contributed by atoms with E-state index in [1.807, 2.05) is 62.2 Å². The molecule has 3 rings (SSSR count). The fourth-order valence-electron chi connectivity index (χ4n) is 4.13. The van der Waals surface area contributed by atoms with Crippen molar-refractivity contribution < 1.29 is 9.59 Å². The summed E-state index contributed by atoms with van der Waals surface area (Å²) in [5.74, 6) is 1.15. The summed E-state index contributed by atoms with van der Waals surface area (Å²) in [6.45, 7) is 3.88. The summed E-state index contributed by atoms with van der Waals surface area (Å²) in [4.78, 5) is 31.1. The normalized spacial score (nSPS) is 18.8. The third kappa shape index (κ3) is 5.69. The zero-order valence-corrected chi connectivity index (χ0v) is 19.5. The molecule has 1 fully saturated rings. The molecule has 0 saturated heterocycles. The van der Waals surface area contributed by atoms with Crippen LogP contribution >= 0.6 is 15.9 Å². The smallest absolute Gasteiger partial charge is 0.225 e. The SMILES string of the molecule is CC(C)C(=O)N(C)[C@H]1CC[C@H](CC(=O)Nc2cc(-c3ccccc3)c(Br)cn2)CC1. The average molecular weight is 472 g/mol. The predicted molar refractivity (Wildman–Crippen MR) is 124 cm³/mol. The Bertz CT molecular complexity index is 877. The van der Waals surface area contributed by atoms with Crippen LogP contribution in [0.4, 0.5) is 5.82 Å². The van der Waals surface area contributed by atoms with Crippen molar-refractivity contribution >= 4 is 33.6 Å². The fourth-order valence-corrected chi connectivity index (χ4v) is 4.57. The maximum absolute atomic E-state index is 12.6. The molecule has 30 heavy (non-hydrogen) atoms. The van der Waals surface area contributed by atoms with Gasteiger partial charge in [-0.3, -0.25) is 9.59 Å². The van der Waals surface area contributed by atoms with E-state index in [9.17, 15) is 9.59 Å². The van der Waals surface area contributed by atoms with Crippen LogP contribution in [0, 0.1) is 11.8 Å². The highest BCUT2D eigenvalue weighted by molar-refractivity contribution is 9.10. The molecule has 0 bridgehead atoms. The topological polar surface area (TPSA) is 62.3 Å². The van der Waals surface area contributed by atoms with Crippen molar-refractivity contribution in [1.82, 2.24) is 9.88 Å². The molecule has 0 atom stereocenters. The fraction of sp³-hybridized carbons (Fsp3) is 0.458. The monoisotopic (exact) mass is 471 g/mol. The van der Waals surface area contributed by atoms with E-state index in [-0.39, 0.29) is 17.7 Å². The number of halogens is 1. The molecule has 1 saturated carbocycles. The molecule has 1 N–H and O–H groups in total. The third-order valence-electron chi connectivity index (χ3n) is 5.89. The molecule has 0 radical (unpaired) electrons. The summed E-state index contributed by atoms with van der Waals surface area (Å²) in [6, 6.07) is 12.2. The molecule has 2 aromatic rings. The minimum atomic E-state index is -0.00102. The minimum absolute atomic E-state index is 0.00102. The lowest BCUT2D eigenvalue weighted by Gasteiger charge is -2.35. The first-order valence-electron chi connectivity index (χ1n) is 10.6. The van der Waals surface area contributed by atoms with Crippen LogP contribution < -0.4 is 5.32 Å². The Balaban J connectivity index is 1.54. The Morgan fingerprint density at radius 2 is 1.83 bits per heavy atom. The van der Waals surface area contributed by atoms with Crippen molar-refractivity contribution in [3.05, 3.63) is 47.1 Å². The molecule has 1 aliphatic rings. The third-order valence-corrected chi connectivity index (χ3v) is 6.52. The molecule has 2 amide bonds. The van der Waals surface area contributed by atoms with Crippen molar-refractivity contribution in [3.8, 4) is 11.1 Å². The van der Waals surface area contributed by atoms with E-state index in [2.05, 4.69) is 26.2 Å². The summed E-state index contributed by atoms with van der Waals surface area (Å²) in [7, 11) is 1.91. The second kappa shape index (κ2) is 10.2. The van der Waals surface area contributed by atoms with Gasteiger partial charge < -0.3 is 10.2 Å². The van der Waals surface area contributed by atoms with Crippen LogP contribution in [-0.2, 0) is 9.59 Å². The lowest BCUT2D eigenvalue weighted by Crippen LogP contribution is -2.41. The summed E-state index contributed by atoms with van der Waals surface area (Å²) >= 11 is 3.55. The van der Waals surface area contributed by atoms with Gasteiger partial charge in [-0.2, -0.15) is 0 Å². The average Bonchev–Trinajstić information content (AvgIpc) is 2.75. The molecule has 1 aromatic heterocycles. The first kappa shape index (κ1) is 22.5. The van der Waals surface area contributed by atoms with Crippen molar-refractivity contribution in [1.29, 1.82) is 0 Å². The minimum Gasteiger partial charge on any atom is -0.343 e. The van der Waals surface area contributed by atoms with Crippen molar-refractivity contribution in [3.63, 3.8) is 0 Å². The number of anilines is 1. The van der Waals surface area contributed by atoms with Crippen molar-refractivity contribution in [2.45, 2.75) is 52.0 Å². The number of aromatic nitrogens is 1. The number of nitrogens with one attached hydrogen (secondary N) is 1. The van der Waals surface area contributed by atoms with Crippen LogP contribution in [0.25, 0.3) is 11.1 Å². The number of benzene rings is 1. The first-order chi connectivity index (χ1) is 14.3. The van der Waals surface area contributed by atoms with Crippen molar-refractivity contribution in [2.24, 2.45) is 11.8 Å². The molecule has 1 heterocycles. The first-order valence-corrected chi connectivity index (χ1v) is 11.4. The highest BCUT2D eigenvalue weighted by atomic mass is 79.9. The molecule has 1 aliphatic carbocycles. The van der Waals surface area contributed by atoms with E-state index >= 15 is 0 Å². The zero-order valence-electron chi connectivity index (χ0n) is 17.9. The van der Waals surface area contributed by atoms with Gasteiger partial charge in [0.05, 0.1) is 0 Å². The highest BCUT2D eigenvalue weighted by Crippen LogP contribution is 2.31. The Morgan fingerprint density at radius 3 is 2.47 bits per heavy atom. The maximum atomic E-state index is 12.6. The van der Waals surface area contributed by atoms with Gasteiger partial charge in [0.2, 0.25) is 11.8 Å². The predicted octanol–water partition coefficient (Wildman–Crippen LogP) is 5.51. The summed E-state index contributed by atoms with van der Waals surface area (Å²) < 4.78 is 0.894. The van der Waals surface area contributed by atoms with Crippen LogP contribution in [0.5, 0.6) is 0 Å². The van der Waals surface area contributed by atoms with Gasteiger partial charge in [-0.05, 0) is 59.2 Å². The quantitative estimate of drug-likeness (QED) is 0.603. The van der Waals surface area contributed by atoms with Crippen LogP contribution in [-0.4, -0.2) is 34.8 Å². The highest BCUT2D eigenvalue weighted by Gasteiger charge is 2.28. The van der Waals surface area contributed by atoms with Gasteiger partial charge in [-0.15, -0.1) is 0 Å². The molecular weight excluding hydrogens is 442 g/mol. The van der Waals surface area contributed by atoms with E-state index in [4.69, 9.17) is 0 Å². The van der Waals surface area contributed by atoms with Gasteiger partial charge in [0.25, 0.3) is 0 Å². The van der Waals surface area contributed by atoms with Gasteiger partial charge >= 0.3 is 0 Å². The standard InChI is InChI=1S/C24H30BrN3O2/c1-16(2)24(30)28(3)19-11-9-17(10-12-19)13-23(29)27-22-14-20(21(25)15-26-22)18-7-5-4-6-8-18/h4-8,14-17,19H,9-13H2,1-3H3,(H,26,27,29)/t17-,19-. The van der Waals surface area contributed by atoms with Crippen LogP contribution in [0.2, 0.25) is 0 Å².